The summed E-state index contributed by atoms with van der Waals surface area (Å²) in [5.74, 6) is 1.90. The Kier molecular flexibility index (Phi) is 11.0. The van der Waals surface area contributed by atoms with E-state index >= 15 is 0 Å². The molecule has 11 aromatic carbocycles. The van der Waals surface area contributed by atoms with E-state index in [-0.39, 0.29) is 0 Å². The first-order chi connectivity index (χ1) is 45.0. The highest BCUT2D eigenvalue weighted by atomic mass is 32.1. The van der Waals surface area contributed by atoms with E-state index in [9.17, 15) is 0 Å². The first-order valence-electron chi connectivity index (χ1n) is 31.7. The van der Waals surface area contributed by atoms with E-state index in [1.54, 1.807) is 0 Å². The summed E-state index contributed by atoms with van der Waals surface area (Å²) in [7, 11) is 0. The molecule has 7 heteroatoms. The third kappa shape index (κ3) is 7.53. The molecule has 0 spiro atoms. The maximum atomic E-state index is 5.12. The van der Waals surface area contributed by atoms with Gasteiger partial charge in [-0.2, -0.15) is 0 Å². The Balaban J connectivity index is 0.678. The predicted molar refractivity (Wildman–Crippen MR) is 387 cm³/mol. The Morgan fingerprint density at radius 3 is 1.70 bits per heavy atom. The van der Waals surface area contributed by atoms with E-state index < -0.39 is 0 Å². The van der Waals surface area contributed by atoms with Gasteiger partial charge in [0.25, 0.3) is 0 Å². The van der Waals surface area contributed by atoms with Gasteiger partial charge >= 0.3 is 0 Å². The summed E-state index contributed by atoms with van der Waals surface area (Å²) in [6.45, 7) is 2.33. The van der Waals surface area contributed by atoms with Gasteiger partial charge in [-0.25, -0.2) is 4.98 Å². The van der Waals surface area contributed by atoms with Gasteiger partial charge in [-0.1, -0.05) is 171 Å². The molecule has 20 rings (SSSR count). The normalized spacial score (nSPS) is 14.9. The number of allylic oxidation sites excluding steroid dienone is 2. The van der Waals surface area contributed by atoms with Crippen LogP contribution in [0.5, 0.6) is 0 Å². The third-order valence-electron chi connectivity index (χ3n) is 19.9. The quantitative estimate of drug-likeness (QED) is 0.157. The van der Waals surface area contributed by atoms with Gasteiger partial charge in [0.1, 0.15) is 0 Å². The average molecular weight is 1200 g/mol. The molecule has 0 saturated heterocycles. The monoisotopic (exact) mass is 1200 g/mol. The first-order valence-corrected chi connectivity index (χ1v) is 33.3. The fraction of sp³-hybridized carbons (Fsp3) is 0.0595. The maximum Gasteiger partial charge on any atom is 0.155 e. The molecule has 0 fully saturated rings. The van der Waals surface area contributed by atoms with Crippen molar-refractivity contribution in [3.63, 3.8) is 0 Å². The molecule has 2 aliphatic carbocycles. The first kappa shape index (κ1) is 51.1. The van der Waals surface area contributed by atoms with Gasteiger partial charge in [0.15, 0.2) is 5.82 Å². The lowest BCUT2D eigenvalue weighted by Gasteiger charge is -2.21. The van der Waals surface area contributed by atoms with Crippen molar-refractivity contribution >= 4 is 142 Å². The third-order valence-corrected chi connectivity index (χ3v) is 22.4. The molecule has 0 N–H and O–H groups in total. The number of rotatable bonds is 7. The van der Waals surface area contributed by atoms with Gasteiger partial charge < -0.3 is 13.7 Å². The molecule has 2 unspecified atom stereocenters. The lowest BCUT2D eigenvalue weighted by molar-refractivity contribution is 0.717. The lowest BCUT2D eigenvalue weighted by atomic mass is 9.83. The molecular weight excluding hydrogens is 1140 g/mol. The molecule has 7 heterocycles. The minimum atomic E-state index is 0.357. The second-order valence-electron chi connectivity index (χ2n) is 25.0. The molecule has 18 aromatic rings. The van der Waals surface area contributed by atoms with Crippen LogP contribution in [0.4, 0.5) is 0 Å². The Bertz CT molecular complexity index is 6150. The zero-order valence-electron chi connectivity index (χ0n) is 49.7. The molecule has 428 valence electrons. The standard InChI is InChI=1S/C84H55N5S2/c1-50-34-40-79-69(44-50)64-27-14-26-59(82(64)90-79)53-18-12-16-51(45-53)52-17-13-19-55(46-52)86-72-29-8-5-23-63(72)68-48-56(36-39-77(68)86)87-71-28-7-4-22-62(71)67-47-54(35-38-76(67)87)58-25-15-33-78-81(58)66-24-6-11-32-75(66)88(78)57-37-41-80-70(49-57)65-42-43-85-84(83(65)91-80)89-73-30-9-2-20-60(73)61-21-3-10-31-74(61)89/h2-25,27-43,45-50,59H,26,44H2,1H3. The van der Waals surface area contributed by atoms with Gasteiger partial charge in [-0.15, -0.1) is 22.7 Å². The van der Waals surface area contributed by atoms with Gasteiger partial charge in [-0.05, 0) is 167 Å². The summed E-state index contributed by atoms with van der Waals surface area (Å²) in [4.78, 5) is 8.08. The molecule has 91 heavy (non-hydrogen) atoms. The van der Waals surface area contributed by atoms with Crippen molar-refractivity contribution in [3.05, 3.63) is 294 Å². The molecular formula is C84H55N5S2. The number of fused-ring (bicyclic) bond motifs is 18. The van der Waals surface area contributed by atoms with Crippen LogP contribution in [0, 0.1) is 5.92 Å². The number of para-hydroxylation sites is 5. The van der Waals surface area contributed by atoms with Crippen LogP contribution < -0.4 is 0 Å². The van der Waals surface area contributed by atoms with E-state index in [0.717, 1.165) is 46.8 Å². The number of pyridine rings is 1. The zero-order valence-corrected chi connectivity index (χ0v) is 51.3. The Morgan fingerprint density at radius 2 is 0.967 bits per heavy atom. The van der Waals surface area contributed by atoms with Crippen molar-refractivity contribution < 1.29 is 0 Å². The van der Waals surface area contributed by atoms with E-state index in [4.69, 9.17) is 4.98 Å². The molecule has 0 aliphatic heterocycles. The van der Waals surface area contributed by atoms with E-state index in [1.165, 1.54) is 145 Å². The van der Waals surface area contributed by atoms with Crippen LogP contribution in [-0.4, -0.2) is 23.3 Å². The fourth-order valence-corrected chi connectivity index (χ4v) is 18.4. The smallest absolute Gasteiger partial charge is 0.155 e. The highest BCUT2D eigenvalue weighted by Gasteiger charge is 2.28. The average Bonchev–Trinajstić information content (AvgIpc) is 1.63. The number of hydrogen-bond donors (Lipinski definition) is 0. The summed E-state index contributed by atoms with van der Waals surface area (Å²) in [6, 6.07) is 92.9. The van der Waals surface area contributed by atoms with Crippen LogP contribution in [0.2, 0.25) is 0 Å². The van der Waals surface area contributed by atoms with Crippen molar-refractivity contribution in [1.29, 1.82) is 0 Å². The molecule has 0 bridgehead atoms. The SMILES string of the molecule is CC1C=Cc2sc3c(c2C1)C=CCC3c1cccc(-c2cccc(-n3c4ccccc4c4cc(-n5c6ccccc6c6cc(-c7cccc8c7c7ccccc7n8-c7ccc8sc9c(-n%10c%11ccccc%11c%11ccccc%11%10)nccc9c8c7)ccc65)ccc43)c2)c1. The van der Waals surface area contributed by atoms with Gasteiger partial charge in [0.05, 0.1) is 48.8 Å². The second kappa shape index (κ2) is 19.6. The van der Waals surface area contributed by atoms with E-state index in [1.807, 2.05) is 28.9 Å². The van der Waals surface area contributed by atoms with Gasteiger partial charge in [-0.3, -0.25) is 4.57 Å². The number of hydrogen-bond acceptors (Lipinski definition) is 3. The maximum absolute atomic E-state index is 5.12. The number of aromatic nitrogens is 5. The van der Waals surface area contributed by atoms with Crippen LogP contribution in [0.3, 0.4) is 0 Å². The zero-order chi connectivity index (χ0) is 59.6. The van der Waals surface area contributed by atoms with Crippen molar-refractivity contribution in [2.75, 3.05) is 0 Å². The van der Waals surface area contributed by atoms with Crippen LogP contribution >= 0.6 is 22.7 Å². The summed E-state index contributed by atoms with van der Waals surface area (Å²) >= 11 is 3.83. The highest BCUT2D eigenvalue weighted by molar-refractivity contribution is 7.26. The topological polar surface area (TPSA) is 32.6 Å². The predicted octanol–water partition coefficient (Wildman–Crippen LogP) is 23.0. The second-order valence-corrected chi connectivity index (χ2v) is 27.1. The van der Waals surface area contributed by atoms with Crippen molar-refractivity contribution in [3.8, 4) is 45.1 Å². The number of benzene rings is 11. The number of thiophene rings is 2. The summed E-state index contributed by atoms with van der Waals surface area (Å²) in [5, 5.41) is 12.3. The van der Waals surface area contributed by atoms with Crippen molar-refractivity contribution in [1.82, 2.24) is 23.3 Å². The lowest BCUT2D eigenvalue weighted by Crippen LogP contribution is -2.06. The van der Waals surface area contributed by atoms with E-state index in [0.29, 0.717) is 11.8 Å². The van der Waals surface area contributed by atoms with Crippen molar-refractivity contribution in [2.24, 2.45) is 5.92 Å². The van der Waals surface area contributed by atoms with Crippen LogP contribution in [0.15, 0.2) is 267 Å². The minimum absolute atomic E-state index is 0.357. The Labute approximate surface area is 532 Å². The minimum Gasteiger partial charge on any atom is -0.309 e. The Morgan fingerprint density at radius 1 is 0.407 bits per heavy atom. The Hall–Kier alpha value is -10.8. The van der Waals surface area contributed by atoms with Gasteiger partial charge in [0, 0.05) is 97.5 Å². The summed E-state index contributed by atoms with van der Waals surface area (Å²) in [5.41, 5.74) is 22.1. The highest BCUT2D eigenvalue weighted by Crippen LogP contribution is 2.48. The van der Waals surface area contributed by atoms with E-state index in [2.05, 4.69) is 298 Å². The van der Waals surface area contributed by atoms with Gasteiger partial charge in [0.2, 0.25) is 0 Å². The molecule has 7 aromatic heterocycles. The van der Waals surface area contributed by atoms with Crippen LogP contribution in [0.25, 0.3) is 165 Å². The largest absolute Gasteiger partial charge is 0.309 e. The molecule has 5 nitrogen and oxygen atoms in total. The summed E-state index contributed by atoms with van der Waals surface area (Å²) < 4.78 is 12.2. The number of nitrogens with zero attached hydrogens (tertiary/aromatic N) is 5. The fourth-order valence-electron chi connectivity index (χ4n) is 15.9. The van der Waals surface area contributed by atoms with Crippen LogP contribution in [0.1, 0.15) is 45.7 Å². The molecule has 2 aliphatic rings. The molecule has 2 atom stereocenters. The van der Waals surface area contributed by atoms with Crippen molar-refractivity contribution in [2.45, 2.75) is 25.7 Å². The van der Waals surface area contributed by atoms with Crippen LogP contribution in [-0.2, 0) is 6.42 Å². The summed E-state index contributed by atoms with van der Waals surface area (Å²) in [6.07, 6.45) is 13.7. The molecule has 0 amide bonds. The molecule has 0 radical (unpaired) electrons. The molecule has 0 saturated carbocycles.